The van der Waals surface area contributed by atoms with Gasteiger partial charge in [-0.3, -0.25) is 9.59 Å². The summed E-state index contributed by atoms with van der Waals surface area (Å²) in [4.78, 5) is 23.6. The summed E-state index contributed by atoms with van der Waals surface area (Å²) < 4.78 is 5.66. The predicted molar refractivity (Wildman–Crippen MR) is 66.8 cm³/mol. The molecule has 0 aliphatic heterocycles. The van der Waals surface area contributed by atoms with Crippen LogP contribution in [0, 0.1) is 17.8 Å². The Morgan fingerprint density at radius 3 is 2.56 bits per heavy atom. The van der Waals surface area contributed by atoms with Crippen LogP contribution in [0.15, 0.2) is 12.2 Å². The number of esters is 1. The van der Waals surface area contributed by atoms with Gasteiger partial charge in [0.05, 0.1) is 5.92 Å². The van der Waals surface area contributed by atoms with Crippen LogP contribution in [-0.4, -0.2) is 17.9 Å². The second-order valence-corrected chi connectivity index (χ2v) is 6.02. The molecule has 3 rings (SSSR count). The van der Waals surface area contributed by atoms with E-state index in [1.165, 1.54) is 6.42 Å². The molecule has 0 radical (unpaired) electrons. The van der Waals surface area contributed by atoms with Gasteiger partial charge in [0.25, 0.3) is 0 Å². The van der Waals surface area contributed by atoms with Crippen molar-refractivity contribution in [2.75, 3.05) is 0 Å². The fourth-order valence-electron chi connectivity index (χ4n) is 3.74. The molecule has 0 heterocycles. The number of aldehydes is 1. The number of ether oxygens (including phenoxy) is 1. The summed E-state index contributed by atoms with van der Waals surface area (Å²) >= 11 is 0. The average Bonchev–Trinajstić information content (AvgIpc) is 3.00. The van der Waals surface area contributed by atoms with Crippen molar-refractivity contribution >= 4 is 12.3 Å². The lowest BCUT2D eigenvalue weighted by molar-refractivity contribution is -0.170. The molecule has 0 aromatic carbocycles. The molecular weight excluding hydrogens is 228 g/mol. The fraction of sp³-hybridized carbons (Fsp3) is 0.733. The number of rotatable bonds is 3. The third-order valence-corrected chi connectivity index (χ3v) is 4.81. The Kier molecular flexibility index (Phi) is 3.00. The van der Waals surface area contributed by atoms with Crippen LogP contribution in [-0.2, 0) is 14.3 Å². The third-order valence-electron chi connectivity index (χ3n) is 4.81. The van der Waals surface area contributed by atoms with Gasteiger partial charge >= 0.3 is 5.97 Å². The van der Waals surface area contributed by atoms with Gasteiger partial charge in [0, 0.05) is 12.3 Å². The van der Waals surface area contributed by atoms with E-state index in [-0.39, 0.29) is 17.8 Å². The number of hydrogen-bond donors (Lipinski definition) is 0. The molecule has 0 spiro atoms. The largest absolute Gasteiger partial charge is 0.450 e. The third kappa shape index (κ3) is 1.90. The normalized spacial score (nSPS) is 38.9. The molecule has 0 amide bonds. The highest BCUT2D eigenvalue weighted by molar-refractivity contribution is 5.78. The summed E-state index contributed by atoms with van der Waals surface area (Å²) in [5.74, 6) is 0.438. The van der Waals surface area contributed by atoms with Gasteiger partial charge in [0.2, 0.25) is 0 Å². The van der Waals surface area contributed by atoms with E-state index >= 15 is 0 Å². The van der Waals surface area contributed by atoms with Crippen LogP contribution < -0.4 is 0 Å². The molecule has 3 aliphatic carbocycles. The van der Waals surface area contributed by atoms with Crippen LogP contribution in [0.4, 0.5) is 0 Å². The highest BCUT2D eigenvalue weighted by atomic mass is 16.6. The number of hydrogen-bond acceptors (Lipinski definition) is 3. The maximum atomic E-state index is 12.2. The van der Waals surface area contributed by atoms with Crippen LogP contribution in [0.3, 0.4) is 0 Å². The Morgan fingerprint density at radius 1 is 1.22 bits per heavy atom. The second-order valence-electron chi connectivity index (χ2n) is 6.02. The number of carbonyl (C=O) groups is 2. The molecule has 2 saturated carbocycles. The molecule has 3 heteroatoms. The van der Waals surface area contributed by atoms with Crippen LogP contribution in [0.25, 0.3) is 0 Å². The summed E-state index contributed by atoms with van der Waals surface area (Å²) in [7, 11) is 0. The van der Waals surface area contributed by atoms with Crippen molar-refractivity contribution in [3.63, 3.8) is 0 Å². The SMILES string of the molecule is O=C[C@]1(OC(=O)C2CCCCC2)CC2C=CC1C2. The van der Waals surface area contributed by atoms with Gasteiger partial charge in [-0.05, 0) is 25.2 Å². The molecule has 2 fully saturated rings. The van der Waals surface area contributed by atoms with E-state index in [1.807, 2.05) is 0 Å². The smallest absolute Gasteiger partial charge is 0.309 e. The Morgan fingerprint density at radius 2 is 2.00 bits per heavy atom. The molecule has 0 saturated heterocycles. The van der Waals surface area contributed by atoms with Crippen molar-refractivity contribution < 1.29 is 14.3 Å². The molecule has 2 bridgehead atoms. The molecule has 3 atom stereocenters. The van der Waals surface area contributed by atoms with Crippen LogP contribution >= 0.6 is 0 Å². The van der Waals surface area contributed by atoms with Crippen LogP contribution in [0.2, 0.25) is 0 Å². The van der Waals surface area contributed by atoms with Crippen molar-refractivity contribution in [2.24, 2.45) is 17.8 Å². The van der Waals surface area contributed by atoms with Gasteiger partial charge in [-0.15, -0.1) is 0 Å². The fourth-order valence-corrected chi connectivity index (χ4v) is 3.74. The summed E-state index contributed by atoms with van der Waals surface area (Å²) in [5.41, 5.74) is -0.839. The minimum absolute atomic E-state index is 0.0266. The maximum absolute atomic E-state index is 12.2. The van der Waals surface area contributed by atoms with Gasteiger partial charge in [-0.25, -0.2) is 0 Å². The monoisotopic (exact) mass is 248 g/mol. The van der Waals surface area contributed by atoms with Crippen molar-refractivity contribution in [3.05, 3.63) is 12.2 Å². The van der Waals surface area contributed by atoms with E-state index in [2.05, 4.69) is 12.2 Å². The highest BCUT2D eigenvalue weighted by Crippen LogP contribution is 2.48. The van der Waals surface area contributed by atoms with E-state index in [4.69, 9.17) is 4.74 Å². The van der Waals surface area contributed by atoms with Crippen molar-refractivity contribution in [1.29, 1.82) is 0 Å². The van der Waals surface area contributed by atoms with Gasteiger partial charge in [0.15, 0.2) is 11.9 Å². The van der Waals surface area contributed by atoms with E-state index in [9.17, 15) is 9.59 Å². The van der Waals surface area contributed by atoms with Gasteiger partial charge in [0.1, 0.15) is 0 Å². The molecule has 98 valence electrons. The maximum Gasteiger partial charge on any atom is 0.309 e. The number of fused-ring (bicyclic) bond motifs is 2. The minimum atomic E-state index is -0.839. The minimum Gasteiger partial charge on any atom is -0.450 e. The topological polar surface area (TPSA) is 43.4 Å². The Hall–Kier alpha value is -1.12. The first-order valence-corrected chi connectivity index (χ1v) is 7.11. The van der Waals surface area contributed by atoms with Crippen LogP contribution in [0.1, 0.15) is 44.9 Å². The lowest BCUT2D eigenvalue weighted by atomic mass is 9.87. The first-order valence-electron chi connectivity index (χ1n) is 7.11. The molecule has 0 N–H and O–H groups in total. The standard InChI is InChI=1S/C15H20O3/c16-10-15(9-11-6-7-13(15)8-11)18-14(17)12-4-2-1-3-5-12/h6-7,10-13H,1-5,8-9H2/t11?,13?,15-/m1/s1. The Labute approximate surface area is 108 Å². The second kappa shape index (κ2) is 4.52. The predicted octanol–water partition coefficient (Wildman–Crippen LogP) is 2.64. The van der Waals surface area contributed by atoms with E-state index < -0.39 is 5.60 Å². The van der Waals surface area contributed by atoms with Crippen LogP contribution in [0.5, 0.6) is 0 Å². The zero-order valence-corrected chi connectivity index (χ0v) is 10.6. The van der Waals surface area contributed by atoms with Gasteiger partial charge in [-0.2, -0.15) is 0 Å². The van der Waals surface area contributed by atoms with E-state index in [0.29, 0.717) is 12.3 Å². The molecule has 3 aliphatic rings. The summed E-state index contributed by atoms with van der Waals surface area (Å²) in [6.07, 6.45) is 12.0. The first-order chi connectivity index (χ1) is 8.73. The highest BCUT2D eigenvalue weighted by Gasteiger charge is 2.52. The molecule has 0 aromatic rings. The number of carbonyl (C=O) groups excluding carboxylic acids is 2. The zero-order chi connectivity index (χ0) is 12.6. The van der Waals surface area contributed by atoms with E-state index in [0.717, 1.165) is 38.4 Å². The van der Waals surface area contributed by atoms with Crippen molar-refractivity contribution in [2.45, 2.75) is 50.5 Å². The molecular formula is C15H20O3. The van der Waals surface area contributed by atoms with E-state index in [1.54, 1.807) is 0 Å². The Balaban J connectivity index is 1.69. The van der Waals surface area contributed by atoms with Crippen molar-refractivity contribution in [1.82, 2.24) is 0 Å². The average molecular weight is 248 g/mol. The van der Waals surface area contributed by atoms with Gasteiger partial charge in [-0.1, -0.05) is 31.4 Å². The molecule has 3 nitrogen and oxygen atoms in total. The Bertz CT molecular complexity index is 381. The first kappa shape index (κ1) is 11.9. The lowest BCUT2D eigenvalue weighted by Crippen LogP contribution is -2.42. The molecule has 0 aromatic heterocycles. The number of allylic oxidation sites excluding steroid dienone is 1. The summed E-state index contributed by atoms with van der Waals surface area (Å²) in [6, 6.07) is 0. The van der Waals surface area contributed by atoms with Crippen molar-refractivity contribution in [3.8, 4) is 0 Å². The lowest BCUT2D eigenvalue weighted by Gasteiger charge is -2.32. The summed E-state index contributed by atoms with van der Waals surface area (Å²) in [5, 5.41) is 0. The summed E-state index contributed by atoms with van der Waals surface area (Å²) in [6.45, 7) is 0. The molecule has 2 unspecified atom stereocenters. The quantitative estimate of drug-likeness (QED) is 0.438. The zero-order valence-electron chi connectivity index (χ0n) is 10.6. The van der Waals surface area contributed by atoms with Gasteiger partial charge < -0.3 is 4.74 Å². The molecule has 18 heavy (non-hydrogen) atoms.